The Kier molecular flexibility index (Phi) is 9.55. The van der Waals surface area contributed by atoms with Crippen molar-refractivity contribution < 1.29 is 17.9 Å². The van der Waals surface area contributed by atoms with Crippen LogP contribution in [0.15, 0.2) is 70.9 Å². The lowest BCUT2D eigenvalue weighted by Gasteiger charge is -2.28. The summed E-state index contributed by atoms with van der Waals surface area (Å²) in [5.74, 6) is -1.14. The van der Waals surface area contributed by atoms with Gasteiger partial charge in [0.1, 0.15) is 23.2 Å². The molecule has 41 heavy (non-hydrogen) atoms. The van der Waals surface area contributed by atoms with Gasteiger partial charge in [0.15, 0.2) is 11.1 Å². The summed E-state index contributed by atoms with van der Waals surface area (Å²) in [6, 6.07) is 14.2. The largest absolute Gasteiger partial charge is 0.495 e. The molecule has 0 saturated carbocycles. The van der Waals surface area contributed by atoms with E-state index in [1.807, 2.05) is 30.5 Å². The first kappa shape index (κ1) is 30.3. The average molecular weight is 602 g/mol. The summed E-state index contributed by atoms with van der Waals surface area (Å²) in [5, 5.41) is 0.986. The minimum Gasteiger partial charge on any atom is -0.495 e. The molecule has 11 heteroatoms. The third-order valence-electron chi connectivity index (χ3n) is 6.79. The molecule has 0 unspecified atom stereocenters. The van der Waals surface area contributed by atoms with Gasteiger partial charge in [-0.25, -0.2) is 18.2 Å². The van der Waals surface area contributed by atoms with Crippen molar-refractivity contribution >= 4 is 29.3 Å². The van der Waals surface area contributed by atoms with Crippen molar-refractivity contribution in [3.8, 4) is 11.4 Å². The molecule has 6 nitrogen and oxygen atoms in total. The van der Waals surface area contributed by atoms with Crippen molar-refractivity contribution in [2.24, 2.45) is 16.5 Å². The van der Waals surface area contributed by atoms with E-state index >= 15 is 8.78 Å². The van der Waals surface area contributed by atoms with Gasteiger partial charge in [0.05, 0.1) is 24.0 Å². The first-order valence-electron chi connectivity index (χ1n) is 12.8. The second-order valence-corrected chi connectivity index (χ2v) is 11.3. The number of hydrogen-bond donors (Lipinski definition) is 2. The number of thioether (sulfide) groups is 1. The lowest BCUT2D eigenvalue weighted by atomic mass is 9.81. The Labute approximate surface area is 246 Å². The molecule has 1 heterocycles. The van der Waals surface area contributed by atoms with Crippen molar-refractivity contribution in [2.75, 3.05) is 13.7 Å². The summed E-state index contributed by atoms with van der Waals surface area (Å²) < 4.78 is 51.2. The van der Waals surface area contributed by atoms with Crippen molar-refractivity contribution in [3.05, 3.63) is 106 Å². The summed E-state index contributed by atoms with van der Waals surface area (Å²) in [4.78, 5) is 8.51. The first-order chi connectivity index (χ1) is 19.5. The van der Waals surface area contributed by atoms with Crippen LogP contribution < -0.4 is 16.2 Å². The van der Waals surface area contributed by atoms with Gasteiger partial charge in [-0.2, -0.15) is 0 Å². The van der Waals surface area contributed by atoms with Gasteiger partial charge < -0.3 is 16.2 Å². The number of methoxy groups -OCH3 is 1. The number of benzene rings is 3. The maximum atomic E-state index is 15.0. The Morgan fingerprint density at radius 3 is 2.37 bits per heavy atom. The number of halogens is 4. The second kappa shape index (κ2) is 12.9. The number of aromatic nitrogens is 2. The molecule has 0 atom stereocenters. The third-order valence-corrected chi connectivity index (χ3v) is 8.08. The lowest BCUT2D eigenvalue weighted by Crippen LogP contribution is -2.23. The molecule has 0 radical (unpaired) electrons. The fourth-order valence-electron chi connectivity index (χ4n) is 4.48. The summed E-state index contributed by atoms with van der Waals surface area (Å²) in [6.45, 7) is 4.41. The summed E-state index contributed by atoms with van der Waals surface area (Å²) in [6.07, 6.45) is 2.71. The molecule has 0 fully saturated rings. The molecule has 0 aliphatic carbocycles. The highest BCUT2D eigenvalue weighted by molar-refractivity contribution is 7.98. The van der Waals surface area contributed by atoms with E-state index in [9.17, 15) is 4.39 Å². The molecule has 4 rings (SSSR count). The van der Waals surface area contributed by atoms with E-state index in [2.05, 4.69) is 9.98 Å². The van der Waals surface area contributed by atoms with Crippen molar-refractivity contribution in [3.63, 3.8) is 0 Å². The minimum atomic E-state index is -0.636. The highest BCUT2D eigenvalue weighted by Crippen LogP contribution is 2.39. The Morgan fingerprint density at radius 1 is 1.05 bits per heavy atom. The Morgan fingerprint density at radius 2 is 1.73 bits per heavy atom. The molecule has 4 aromatic rings. The average Bonchev–Trinajstić information content (AvgIpc) is 3.36. The number of rotatable bonds is 11. The molecule has 216 valence electrons. The molecular formula is C30H31ClF3N5OS. The first-order valence-corrected chi connectivity index (χ1v) is 14.2. The van der Waals surface area contributed by atoms with Crippen LogP contribution in [0.1, 0.15) is 42.7 Å². The maximum Gasteiger partial charge on any atom is 0.185 e. The Balaban J connectivity index is 1.66. The summed E-state index contributed by atoms with van der Waals surface area (Å²) in [7, 11) is 1.55. The number of hydrogen-bond acceptors (Lipinski definition) is 4. The van der Waals surface area contributed by atoms with E-state index in [0.717, 1.165) is 11.3 Å². The van der Waals surface area contributed by atoms with Crippen LogP contribution in [0.25, 0.3) is 5.69 Å². The monoisotopic (exact) mass is 601 g/mol. The van der Waals surface area contributed by atoms with Crippen LogP contribution in [0.4, 0.5) is 13.2 Å². The lowest BCUT2D eigenvalue weighted by molar-refractivity contribution is 0.413. The minimum absolute atomic E-state index is 0.00120. The number of aryl methyl sites for hydroxylation is 1. The van der Waals surface area contributed by atoms with E-state index in [4.69, 9.17) is 27.8 Å². The van der Waals surface area contributed by atoms with Crippen molar-refractivity contribution in [2.45, 2.75) is 43.0 Å². The van der Waals surface area contributed by atoms with E-state index in [1.165, 1.54) is 36.0 Å². The Hall–Kier alpha value is -3.63. The van der Waals surface area contributed by atoms with Gasteiger partial charge in [-0.3, -0.25) is 9.56 Å². The molecule has 0 bridgehead atoms. The second-order valence-electron chi connectivity index (χ2n) is 9.95. The van der Waals surface area contributed by atoms with Crippen LogP contribution in [0.3, 0.4) is 0 Å². The molecule has 0 saturated heterocycles. The van der Waals surface area contributed by atoms with Crippen LogP contribution in [0.2, 0.25) is 5.02 Å². The van der Waals surface area contributed by atoms with E-state index in [-0.39, 0.29) is 23.1 Å². The van der Waals surface area contributed by atoms with Crippen LogP contribution in [-0.4, -0.2) is 29.2 Å². The number of guanidine groups is 1. The van der Waals surface area contributed by atoms with Gasteiger partial charge in [0.25, 0.3) is 0 Å². The normalized spacial score (nSPS) is 11.5. The quantitative estimate of drug-likeness (QED) is 0.0856. The summed E-state index contributed by atoms with van der Waals surface area (Å²) >= 11 is 7.45. The van der Waals surface area contributed by atoms with Crippen molar-refractivity contribution in [1.29, 1.82) is 0 Å². The number of nitrogens with two attached hydrogens (primary N) is 2. The molecule has 0 amide bonds. The standard InChI is InChI=1S/C30H31ClF3N5OS/c1-30(2,19-6-11-23(31)26(15-19)40-3)27-16-38-29(39(27)21-9-7-20(32)8-10-21)41-17-22-24(33)13-18(14-25(22)34)5-4-12-37-28(35)36/h6-11,13-16H,4-5,12,17H2,1-3H3,(H4,35,36,37). The van der Waals surface area contributed by atoms with E-state index in [0.29, 0.717) is 46.6 Å². The zero-order chi connectivity index (χ0) is 29.7. The van der Waals surface area contributed by atoms with Gasteiger partial charge in [-0.05, 0) is 72.5 Å². The zero-order valence-corrected chi connectivity index (χ0v) is 24.5. The molecule has 0 aliphatic heterocycles. The predicted molar refractivity (Wildman–Crippen MR) is 159 cm³/mol. The molecule has 0 aliphatic rings. The van der Waals surface area contributed by atoms with Crippen LogP contribution in [-0.2, 0) is 17.6 Å². The number of imidazole rings is 1. The van der Waals surface area contributed by atoms with Crippen molar-refractivity contribution in [1.82, 2.24) is 9.55 Å². The summed E-state index contributed by atoms with van der Waals surface area (Å²) in [5.41, 5.74) is 12.9. The zero-order valence-electron chi connectivity index (χ0n) is 22.9. The molecular weight excluding hydrogens is 571 g/mol. The van der Waals surface area contributed by atoms with Gasteiger partial charge in [-0.1, -0.05) is 43.3 Å². The van der Waals surface area contributed by atoms with E-state index < -0.39 is 17.0 Å². The third kappa shape index (κ3) is 7.00. The van der Waals surface area contributed by atoms with Crippen LogP contribution >= 0.6 is 23.4 Å². The van der Waals surface area contributed by atoms with E-state index in [1.54, 1.807) is 31.5 Å². The molecule has 0 spiro atoms. The fourth-order valence-corrected chi connectivity index (χ4v) is 5.68. The predicted octanol–water partition coefficient (Wildman–Crippen LogP) is 6.78. The fraction of sp³-hybridized carbons (Fsp3) is 0.267. The topological polar surface area (TPSA) is 91.4 Å². The van der Waals surface area contributed by atoms with Gasteiger partial charge in [-0.15, -0.1) is 0 Å². The smallest absolute Gasteiger partial charge is 0.185 e. The highest BCUT2D eigenvalue weighted by atomic mass is 35.5. The SMILES string of the molecule is COc1cc(C(C)(C)c2cnc(SCc3c(F)cc(CCCN=C(N)N)cc3F)n2-c2ccc(F)cc2)ccc1Cl. The van der Waals surface area contributed by atoms with Gasteiger partial charge >= 0.3 is 0 Å². The molecule has 3 aromatic carbocycles. The maximum absolute atomic E-state index is 15.0. The van der Waals surface area contributed by atoms with Crippen LogP contribution in [0, 0.1) is 17.5 Å². The Bertz CT molecular complexity index is 1530. The molecule has 4 N–H and O–H groups in total. The van der Waals surface area contributed by atoms with Gasteiger partial charge in [0, 0.05) is 29.0 Å². The molecule has 1 aromatic heterocycles. The number of aliphatic imine (C=N–C) groups is 1. The number of nitrogens with zero attached hydrogens (tertiary/aromatic N) is 3. The van der Waals surface area contributed by atoms with Gasteiger partial charge in [0.2, 0.25) is 0 Å². The number of ether oxygens (including phenoxy) is 1. The van der Waals surface area contributed by atoms with Crippen LogP contribution in [0.5, 0.6) is 5.75 Å². The highest BCUT2D eigenvalue weighted by Gasteiger charge is 2.30.